The first-order valence-electron chi connectivity index (χ1n) is 19.8. The Morgan fingerprint density at radius 1 is 0.569 bits per heavy atom. The smallest absolute Gasteiger partial charge is 0.246 e. The van der Waals surface area contributed by atoms with Gasteiger partial charge in [0.15, 0.2) is 0 Å². The van der Waals surface area contributed by atoms with E-state index in [1.165, 1.54) is 38.6 Å². The van der Waals surface area contributed by atoms with Gasteiger partial charge in [0, 0.05) is 32.6 Å². The summed E-state index contributed by atoms with van der Waals surface area (Å²) in [5.74, 6) is 1.23. The molecule has 3 saturated heterocycles. The predicted octanol–water partition coefficient (Wildman–Crippen LogP) is 6.80. The van der Waals surface area contributed by atoms with Crippen molar-refractivity contribution in [3.05, 3.63) is 108 Å². The molecule has 4 aliphatic rings. The third-order valence-electron chi connectivity index (χ3n) is 12.4. The molecule has 1 aliphatic carbocycles. The number of carbonyl (C=O) groups is 3. The van der Waals surface area contributed by atoms with Crippen LogP contribution in [0.25, 0.3) is 0 Å². The van der Waals surface area contributed by atoms with Gasteiger partial charge in [-0.1, -0.05) is 110 Å². The summed E-state index contributed by atoms with van der Waals surface area (Å²) in [6.07, 6.45) is 12.3. The molecule has 3 aromatic rings. The fourth-order valence-electron chi connectivity index (χ4n) is 9.59. The fourth-order valence-corrected chi connectivity index (χ4v) is 9.59. The van der Waals surface area contributed by atoms with Crippen LogP contribution in [0.15, 0.2) is 91.0 Å². The maximum atomic E-state index is 14.6. The van der Waals surface area contributed by atoms with E-state index < -0.39 is 17.5 Å². The van der Waals surface area contributed by atoms with Crippen LogP contribution in [0.1, 0.15) is 93.7 Å². The molecule has 0 aromatic heterocycles. The molecule has 270 valence electrons. The van der Waals surface area contributed by atoms with Gasteiger partial charge in [-0.3, -0.25) is 14.4 Å². The first kappa shape index (κ1) is 35.4. The van der Waals surface area contributed by atoms with Gasteiger partial charge in [0.05, 0.1) is 5.41 Å². The average molecular weight is 689 g/mol. The van der Waals surface area contributed by atoms with Gasteiger partial charge in [0.1, 0.15) is 12.1 Å². The highest BCUT2D eigenvalue weighted by atomic mass is 16.2. The van der Waals surface area contributed by atoms with E-state index in [0.29, 0.717) is 38.4 Å². The summed E-state index contributed by atoms with van der Waals surface area (Å²) in [5.41, 5.74) is 2.41. The maximum absolute atomic E-state index is 14.6. The maximum Gasteiger partial charge on any atom is 0.246 e. The summed E-state index contributed by atoms with van der Waals surface area (Å²) in [6, 6.07) is 29.8. The van der Waals surface area contributed by atoms with Crippen molar-refractivity contribution in [3.8, 4) is 0 Å². The van der Waals surface area contributed by atoms with E-state index in [4.69, 9.17) is 0 Å². The molecule has 4 fully saturated rings. The van der Waals surface area contributed by atoms with Crippen LogP contribution in [0.4, 0.5) is 0 Å². The minimum Gasteiger partial charge on any atom is -0.354 e. The molecule has 7 rings (SSSR count). The second-order valence-corrected chi connectivity index (χ2v) is 15.6. The molecule has 0 bridgehead atoms. The Bertz CT molecular complexity index is 1490. The molecular formula is C44H56N4O3. The largest absolute Gasteiger partial charge is 0.354 e. The van der Waals surface area contributed by atoms with Crippen LogP contribution in [0.2, 0.25) is 0 Å². The highest BCUT2D eigenvalue weighted by molar-refractivity contribution is 5.93. The first-order chi connectivity index (χ1) is 25.0. The zero-order valence-corrected chi connectivity index (χ0v) is 30.3. The molecule has 3 heterocycles. The Morgan fingerprint density at radius 3 is 1.67 bits per heavy atom. The van der Waals surface area contributed by atoms with Crippen molar-refractivity contribution in [3.63, 3.8) is 0 Å². The first-order valence-corrected chi connectivity index (χ1v) is 19.8. The molecule has 2 atom stereocenters. The third-order valence-corrected chi connectivity index (χ3v) is 12.4. The van der Waals surface area contributed by atoms with Crippen molar-refractivity contribution in [2.24, 2.45) is 11.8 Å². The van der Waals surface area contributed by atoms with Crippen molar-refractivity contribution >= 4 is 17.7 Å². The Kier molecular flexibility index (Phi) is 11.5. The van der Waals surface area contributed by atoms with E-state index in [1.54, 1.807) is 4.90 Å². The minimum atomic E-state index is -0.723. The zero-order chi connectivity index (χ0) is 35.0. The van der Waals surface area contributed by atoms with E-state index in [9.17, 15) is 14.4 Å². The summed E-state index contributed by atoms with van der Waals surface area (Å²) >= 11 is 0. The SMILES string of the molecule is O=C(NCC1CCN(CC2CCCCC2)CC1)[C@H]1CCCN1C(=O)[C@@H]1CCCN1C(=O)CC(c1ccccc1)(c1ccccc1)c1ccccc1. The molecule has 1 saturated carbocycles. The molecule has 7 nitrogen and oxygen atoms in total. The standard InChI is InChI=1S/C44H56N4O3/c49-41(31-44(36-17-7-2-8-18-36,37-19-9-3-10-20-37)38-21-11-4-12-22-38)47-27-14-24-40(47)43(51)48-28-13-23-39(48)42(50)45-32-34-25-29-46(30-26-34)33-35-15-5-1-6-16-35/h2-4,7-12,17-22,34-35,39-40H,1,5-6,13-16,23-33H2,(H,45,50)/t39-,40+/m1/s1. The lowest BCUT2D eigenvalue weighted by Crippen LogP contribution is -2.54. The molecule has 0 radical (unpaired) electrons. The summed E-state index contributed by atoms with van der Waals surface area (Å²) in [6.45, 7) is 5.28. The monoisotopic (exact) mass is 688 g/mol. The van der Waals surface area contributed by atoms with Gasteiger partial charge in [-0.15, -0.1) is 0 Å². The Balaban J connectivity index is 1.01. The minimum absolute atomic E-state index is 0.0300. The number of nitrogens with zero attached hydrogens (tertiary/aromatic N) is 3. The zero-order valence-electron chi connectivity index (χ0n) is 30.3. The van der Waals surface area contributed by atoms with Crippen LogP contribution in [0.5, 0.6) is 0 Å². The number of likely N-dealkylation sites (tertiary alicyclic amines) is 3. The van der Waals surface area contributed by atoms with Crippen molar-refractivity contribution < 1.29 is 14.4 Å². The van der Waals surface area contributed by atoms with Crippen LogP contribution in [-0.4, -0.2) is 83.8 Å². The van der Waals surface area contributed by atoms with Gasteiger partial charge in [-0.2, -0.15) is 0 Å². The highest BCUT2D eigenvalue weighted by Gasteiger charge is 2.45. The van der Waals surface area contributed by atoms with Crippen molar-refractivity contribution in [1.82, 2.24) is 20.0 Å². The number of hydrogen-bond acceptors (Lipinski definition) is 4. The van der Waals surface area contributed by atoms with Crippen LogP contribution in [-0.2, 0) is 19.8 Å². The van der Waals surface area contributed by atoms with Crippen LogP contribution in [0, 0.1) is 11.8 Å². The lowest BCUT2D eigenvalue weighted by Gasteiger charge is -2.38. The van der Waals surface area contributed by atoms with Gasteiger partial charge in [0.25, 0.3) is 0 Å². The highest BCUT2D eigenvalue weighted by Crippen LogP contribution is 2.43. The number of piperidine rings is 1. The number of hydrogen-bond donors (Lipinski definition) is 1. The van der Waals surface area contributed by atoms with E-state index in [0.717, 1.165) is 61.4 Å². The van der Waals surface area contributed by atoms with Crippen LogP contribution < -0.4 is 5.32 Å². The van der Waals surface area contributed by atoms with Crippen LogP contribution >= 0.6 is 0 Å². The summed E-state index contributed by atoms with van der Waals surface area (Å²) in [7, 11) is 0. The number of nitrogens with one attached hydrogen (secondary N) is 1. The summed E-state index contributed by atoms with van der Waals surface area (Å²) in [4.78, 5) is 48.8. The second kappa shape index (κ2) is 16.6. The molecular weight excluding hydrogens is 633 g/mol. The van der Waals surface area contributed by atoms with Gasteiger partial charge >= 0.3 is 0 Å². The quantitative estimate of drug-likeness (QED) is 0.225. The van der Waals surface area contributed by atoms with Gasteiger partial charge in [0.2, 0.25) is 17.7 Å². The van der Waals surface area contributed by atoms with Crippen LogP contribution in [0.3, 0.4) is 0 Å². The van der Waals surface area contributed by atoms with E-state index in [2.05, 4.69) is 46.6 Å². The fraction of sp³-hybridized carbons (Fsp3) is 0.523. The molecule has 51 heavy (non-hydrogen) atoms. The van der Waals surface area contributed by atoms with E-state index >= 15 is 0 Å². The molecule has 3 aliphatic heterocycles. The molecule has 7 heteroatoms. The summed E-state index contributed by atoms with van der Waals surface area (Å²) < 4.78 is 0. The van der Waals surface area contributed by atoms with E-state index in [-0.39, 0.29) is 24.1 Å². The lowest BCUT2D eigenvalue weighted by molar-refractivity contribution is -0.146. The topological polar surface area (TPSA) is 73.0 Å². The number of carbonyl (C=O) groups excluding carboxylic acids is 3. The average Bonchev–Trinajstić information content (AvgIpc) is 3.89. The van der Waals surface area contributed by atoms with E-state index in [1.807, 2.05) is 59.5 Å². The van der Waals surface area contributed by atoms with Gasteiger partial charge < -0.3 is 20.0 Å². The second-order valence-electron chi connectivity index (χ2n) is 15.6. The van der Waals surface area contributed by atoms with Crippen molar-refractivity contribution in [2.75, 3.05) is 39.3 Å². The molecule has 3 aromatic carbocycles. The lowest BCUT2D eigenvalue weighted by atomic mass is 9.67. The van der Waals surface area contributed by atoms with Crippen molar-refractivity contribution in [1.29, 1.82) is 0 Å². The van der Waals surface area contributed by atoms with Gasteiger partial charge in [-0.05, 0) is 93.0 Å². The molecule has 1 N–H and O–H groups in total. The molecule has 3 amide bonds. The number of amides is 3. The predicted molar refractivity (Wildman–Crippen MR) is 202 cm³/mol. The Morgan fingerprint density at radius 2 is 1.10 bits per heavy atom. The van der Waals surface area contributed by atoms with Crippen molar-refractivity contribution in [2.45, 2.75) is 94.5 Å². The molecule has 0 unspecified atom stereocenters. The number of rotatable bonds is 11. The summed E-state index contributed by atoms with van der Waals surface area (Å²) in [5, 5.41) is 3.25. The normalized spacial score (nSPS) is 22.3. The molecule has 0 spiro atoms. The Hall–Kier alpha value is -3.97. The number of benzene rings is 3. The Labute approximate surface area is 304 Å². The third kappa shape index (κ3) is 7.94. The van der Waals surface area contributed by atoms with Gasteiger partial charge in [-0.25, -0.2) is 0 Å².